The van der Waals surface area contributed by atoms with Crippen molar-refractivity contribution in [1.82, 2.24) is 4.90 Å². The number of amidine groups is 1. The van der Waals surface area contributed by atoms with Gasteiger partial charge in [-0.2, -0.15) is 0 Å². The molecule has 0 spiro atoms. The van der Waals surface area contributed by atoms with Crippen LogP contribution in [0.2, 0.25) is 0 Å². The van der Waals surface area contributed by atoms with Gasteiger partial charge in [-0.25, -0.2) is 0 Å². The van der Waals surface area contributed by atoms with Gasteiger partial charge in [0.05, 0.1) is 18.8 Å². The van der Waals surface area contributed by atoms with Gasteiger partial charge in [-0.15, -0.1) is 0 Å². The van der Waals surface area contributed by atoms with Gasteiger partial charge < -0.3 is 15.7 Å². The van der Waals surface area contributed by atoms with Crippen LogP contribution in [0.3, 0.4) is 0 Å². The molecule has 5 heteroatoms. The number of morpholine rings is 1. The largest absolute Gasteiger partial charge is 0.409 e. The first-order valence-electron chi connectivity index (χ1n) is 6.09. The Balaban J connectivity index is 2.07. The topological polar surface area (TPSA) is 71.1 Å². The third kappa shape index (κ3) is 2.15. The molecule has 0 aromatic carbocycles. The first kappa shape index (κ1) is 11.7. The minimum atomic E-state index is -0.000463. The molecule has 3 atom stereocenters. The molecule has 3 N–H and O–H groups in total. The number of oxime groups is 1. The van der Waals surface area contributed by atoms with Crippen molar-refractivity contribution >= 4 is 5.84 Å². The maximum absolute atomic E-state index is 8.74. The Morgan fingerprint density at radius 3 is 3.00 bits per heavy atom. The molecule has 5 nitrogen and oxygen atoms in total. The zero-order valence-electron chi connectivity index (χ0n) is 9.80. The number of hydrogen-bond acceptors (Lipinski definition) is 4. The third-order valence-electron chi connectivity index (χ3n) is 3.82. The van der Waals surface area contributed by atoms with Crippen LogP contribution in [-0.2, 0) is 4.74 Å². The highest BCUT2D eigenvalue weighted by molar-refractivity contribution is 5.84. The summed E-state index contributed by atoms with van der Waals surface area (Å²) in [5, 5.41) is 11.9. The van der Waals surface area contributed by atoms with Crippen LogP contribution in [0.5, 0.6) is 0 Å². The van der Waals surface area contributed by atoms with Crippen molar-refractivity contribution in [2.24, 2.45) is 10.9 Å². The Kier molecular flexibility index (Phi) is 3.66. The average Bonchev–Trinajstić information content (AvgIpc) is 2.36. The molecule has 2 aliphatic rings. The maximum Gasteiger partial charge on any atom is 0.156 e. The molecular formula is C11H21N3O2. The van der Waals surface area contributed by atoms with E-state index in [1.165, 1.54) is 12.8 Å². The van der Waals surface area contributed by atoms with E-state index in [-0.39, 0.29) is 6.04 Å². The minimum Gasteiger partial charge on any atom is -0.409 e. The molecule has 92 valence electrons. The Morgan fingerprint density at radius 1 is 1.50 bits per heavy atom. The van der Waals surface area contributed by atoms with Crippen molar-refractivity contribution < 1.29 is 9.94 Å². The molecule has 1 saturated heterocycles. The fourth-order valence-electron chi connectivity index (χ4n) is 2.86. The lowest BCUT2D eigenvalue weighted by molar-refractivity contribution is -0.0928. The fourth-order valence-corrected chi connectivity index (χ4v) is 2.86. The predicted octanol–water partition coefficient (Wildman–Crippen LogP) is 0.765. The van der Waals surface area contributed by atoms with E-state index in [4.69, 9.17) is 15.7 Å². The van der Waals surface area contributed by atoms with Crippen LogP contribution in [0.25, 0.3) is 0 Å². The molecule has 3 unspecified atom stereocenters. The fraction of sp³-hybridized carbons (Fsp3) is 0.909. The van der Waals surface area contributed by atoms with Gasteiger partial charge in [0.25, 0.3) is 0 Å². The summed E-state index contributed by atoms with van der Waals surface area (Å²) in [6.07, 6.45) is 5.16. The standard InChI is InChI=1S/C11H21N3O2/c1-8(11(12)13-15)14-6-7-16-10-5-3-2-4-9(10)14/h8-10,15H,2-7H2,1H3,(H2,12,13). The number of nitrogens with two attached hydrogens (primary N) is 1. The van der Waals surface area contributed by atoms with E-state index in [9.17, 15) is 0 Å². The Bertz CT molecular complexity index is 268. The minimum absolute atomic E-state index is 0.000463. The van der Waals surface area contributed by atoms with E-state index in [1.54, 1.807) is 0 Å². The lowest BCUT2D eigenvalue weighted by atomic mass is 9.89. The molecule has 0 aromatic rings. The van der Waals surface area contributed by atoms with Crippen LogP contribution in [0.1, 0.15) is 32.6 Å². The molecule has 2 rings (SSSR count). The molecule has 1 aliphatic carbocycles. The highest BCUT2D eigenvalue weighted by atomic mass is 16.5. The number of ether oxygens (including phenoxy) is 1. The molecule has 0 bridgehead atoms. The second-order valence-corrected chi connectivity index (χ2v) is 4.70. The van der Waals surface area contributed by atoms with Gasteiger partial charge >= 0.3 is 0 Å². The summed E-state index contributed by atoms with van der Waals surface area (Å²) in [7, 11) is 0. The van der Waals surface area contributed by atoms with Crippen LogP contribution < -0.4 is 5.73 Å². The quantitative estimate of drug-likeness (QED) is 0.316. The Morgan fingerprint density at radius 2 is 2.25 bits per heavy atom. The first-order chi connectivity index (χ1) is 7.74. The molecule has 0 aromatic heterocycles. The number of hydrogen-bond donors (Lipinski definition) is 2. The van der Waals surface area contributed by atoms with Gasteiger partial charge in [0.1, 0.15) is 0 Å². The summed E-state index contributed by atoms with van der Waals surface area (Å²) in [6.45, 7) is 3.62. The molecular weight excluding hydrogens is 206 g/mol. The second kappa shape index (κ2) is 5.01. The average molecular weight is 227 g/mol. The highest BCUT2D eigenvalue weighted by Crippen LogP contribution is 2.29. The zero-order valence-corrected chi connectivity index (χ0v) is 9.80. The van der Waals surface area contributed by atoms with E-state index in [0.29, 0.717) is 18.0 Å². The van der Waals surface area contributed by atoms with Crippen LogP contribution in [0, 0.1) is 0 Å². The highest BCUT2D eigenvalue weighted by Gasteiger charge is 2.37. The maximum atomic E-state index is 8.74. The van der Waals surface area contributed by atoms with E-state index in [2.05, 4.69) is 10.1 Å². The molecule has 16 heavy (non-hydrogen) atoms. The SMILES string of the molecule is CC(C(N)=NO)N1CCOC2CCCCC21. The number of fused-ring (bicyclic) bond motifs is 1. The van der Waals surface area contributed by atoms with Crippen molar-refractivity contribution in [2.75, 3.05) is 13.2 Å². The smallest absolute Gasteiger partial charge is 0.156 e. The summed E-state index contributed by atoms with van der Waals surface area (Å²) < 4.78 is 5.79. The van der Waals surface area contributed by atoms with Crippen LogP contribution >= 0.6 is 0 Å². The van der Waals surface area contributed by atoms with Gasteiger partial charge in [0.2, 0.25) is 0 Å². The number of nitrogens with zero attached hydrogens (tertiary/aromatic N) is 2. The lowest BCUT2D eigenvalue weighted by Gasteiger charge is -2.46. The zero-order chi connectivity index (χ0) is 11.5. The van der Waals surface area contributed by atoms with Crippen LogP contribution in [-0.4, -0.2) is 47.3 Å². The molecule has 0 amide bonds. The lowest BCUT2D eigenvalue weighted by Crippen LogP contribution is -2.58. The van der Waals surface area contributed by atoms with E-state index in [0.717, 1.165) is 26.0 Å². The van der Waals surface area contributed by atoms with E-state index < -0.39 is 0 Å². The van der Waals surface area contributed by atoms with E-state index in [1.807, 2.05) is 6.92 Å². The Hall–Kier alpha value is -0.810. The summed E-state index contributed by atoms with van der Waals surface area (Å²) >= 11 is 0. The van der Waals surface area contributed by atoms with Crippen molar-refractivity contribution in [1.29, 1.82) is 0 Å². The van der Waals surface area contributed by atoms with Gasteiger partial charge in [-0.05, 0) is 19.8 Å². The van der Waals surface area contributed by atoms with Gasteiger partial charge in [-0.1, -0.05) is 18.0 Å². The molecule has 1 saturated carbocycles. The predicted molar refractivity (Wildman–Crippen MR) is 61.6 cm³/mol. The normalized spacial score (nSPS) is 34.4. The molecule has 1 aliphatic heterocycles. The third-order valence-corrected chi connectivity index (χ3v) is 3.82. The van der Waals surface area contributed by atoms with Crippen molar-refractivity contribution in [3.8, 4) is 0 Å². The monoisotopic (exact) mass is 227 g/mol. The Labute approximate surface area is 96.2 Å². The van der Waals surface area contributed by atoms with Gasteiger partial charge in [0.15, 0.2) is 5.84 Å². The van der Waals surface area contributed by atoms with Crippen LogP contribution in [0.15, 0.2) is 5.16 Å². The van der Waals surface area contributed by atoms with Crippen molar-refractivity contribution in [3.63, 3.8) is 0 Å². The number of rotatable bonds is 2. The summed E-state index contributed by atoms with van der Waals surface area (Å²) in [5.41, 5.74) is 5.69. The van der Waals surface area contributed by atoms with Crippen molar-refractivity contribution in [2.45, 2.75) is 50.8 Å². The molecule has 1 heterocycles. The summed E-state index contributed by atoms with van der Waals surface area (Å²) in [6, 6.07) is 0.442. The first-order valence-corrected chi connectivity index (χ1v) is 6.09. The summed E-state index contributed by atoms with van der Waals surface area (Å²) in [5.74, 6) is 0.297. The van der Waals surface area contributed by atoms with Gasteiger partial charge in [-0.3, -0.25) is 4.90 Å². The summed E-state index contributed by atoms with van der Waals surface area (Å²) in [4.78, 5) is 2.32. The molecule has 0 radical (unpaired) electrons. The van der Waals surface area contributed by atoms with E-state index >= 15 is 0 Å². The molecule has 2 fully saturated rings. The second-order valence-electron chi connectivity index (χ2n) is 4.70. The van der Waals surface area contributed by atoms with Crippen LogP contribution in [0.4, 0.5) is 0 Å². The van der Waals surface area contributed by atoms with Gasteiger partial charge in [0, 0.05) is 12.6 Å². The van der Waals surface area contributed by atoms with Crippen molar-refractivity contribution in [3.05, 3.63) is 0 Å².